The van der Waals surface area contributed by atoms with Crippen molar-refractivity contribution in [3.63, 3.8) is 0 Å². The molecule has 0 spiro atoms. The molecule has 0 heterocycles. The summed E-state index contributed by atoms with van der Waals surface area (Å²) in [6.45, 7) is 1.75. The Morgan fingerprint density at radius 2 is 2.00 bits per heavy atom. The lowest BCUT2D eigenvalue weighted by atomic mass is 10.3. The lowest BCUT2D eigenvalue weighted by molar-refractivity contribution is 0.458. The first-order valence-electron chi connectivity index (χ1n) is 4.70. The van der Waals surface area contributed by atoms with Gasteiger partial charge in [-0.2, -0.15) is 0 Å². The lowest BCUT2D eigenvalue weighted by Crippen LogP contribution is -2.20. The lowest BCUT2D eigenvalue weighted by Gasteiger charge is -2.07. The second-order valence-electron chi connectivity index (χ2n) is 3.55. The largest absolute Gasteiger partial charge is 0.507 e. The van der Waals surface area contributed by atoms with Gasteiger partial charge in [-0.15, -0.1) is 0 Å². The number of aromatic hydroxyl groups is 1. The summed E-state index contributed by atoms with van der Waals surface area (Å²) in [7, 11) is -3.42. The summed E-state index contributed by atoms with van der Waals surface area (Å²) in [6, 6.07) is 5.76. The molecule has 84 valence electrons. The second-order valence-corrected chi connectivity index (χ2v) is 5.63. The van der Waals surface area contributed by atoms with E-state index in [-0.39, 0.29) is 22.4 Å². The van der Waals surface area contributed by atoms with Gasteiger partial charge in [0.15, 0.2) is 9.84 Å². The van der Waals surface area contributed by atoms with Crippen molar-refractivity contribution in [2.24, 2.45) is 5.73 Å². The molecule has 1 aromatic carbocycles. The van der Waals surface area contributed by atoms with Crippen LogP contribution in [0.4, 0.5) is 0 Å². The van der Waals surface area contributed by atoms with Crippen LogP contribution in [0, 0.1) is 0 Å². The van der Waals surface area contributed by atoms with Crippen LogP contribution in [0.5, 0.6) is 5.75 Å². The highest BCUT2D eigenvalue weighted by molar-refractivity contribution is 7.91. The van der Waals surface area contributed by atoms with Crippen LogP contribution < -0.4 is 5.73 Å². The molecule has 1 unspecified atom stereocenters. The zero-order valence-corrected chi connectivity index (χ0v) is 9.37. The highest BCUT2D eigenvalue weighted by Gasteiger charge is 2.18. The summed E-state index contributed by atoms with van der Waals surface area (Å²) in [5.41, 5.74) is 5.49. The highest BCUT2D eigenvalue weighted by Crippen LogP contribution is 2.23. The number of phenolic OH excluding ortho intramolecular Hbond substituents is 1. The quantitative estimate of drug-likeness (QED) is 0.804. The molecule has 3 N–H and O–H groups in total. The van der Waals surface area contributed by atoms with Gasteiger partial charge in [0.2, 0.25) is 0 Å². The Balaban J connectivity index is 2.92. The van der Waals surface area contributed by atoms with Gasteiger partial charge in [-0.05, 0) is 25.5 Å². The van der Waals surface area contributed by atoms with Crippen molar-refractivity contribution in [1.29, 1.82) is 0 Å². The van der Waals surface area contributed by atoms with Crippen molar-refractivity contribution in [3.05, 3.63) is 24.3 Å². The third kappa shape index (κ3) is 3.21. The second kappa shape index (κ2) is 4.63. The van der Waals surface area contributed by atoms with Crippen LogP contribution >= 0.6 is 0 Å². The van der Waals surface area contributed by atoms with E-state index >= 15 is 0 Å². The Labute approximate surface area is 89.7 Å². The maximum absolute atomic E-state index is 11.7. The molecule has 0 saturated carbocycles. The molecule has 0 aliphatic carbocycles. The molecule has 4 nitrogen and oxygen atoms in total. The van der Waals surface area contributed by atoms with Crippen LogP contribution in [0.3, 0.4) is 0 Å². The van der Waals surface area contributed by atoms with Crippen molar-refractivity contribution in [2.75, 3.05) is 5.75 Å². The van der Waals surface area contributed by atoms with E-state index in [2.05, 4.69) is 0 Å². The molecule has 0 radical (unpaired) electrons. The fourth-order valence-electron chi connectivity index (χ4n) is 1.17. The van der Waals surface area contributed by atoms with Gasteiger partial charge in [0.1, 0.15) is 10.6 Å². The van der Waals surface area contributed by atoms with Gasteiger partial charge < -0.3 is 10.8 Å². The third-order valence-corrected chi connectivity index (χ3v) is 3.83. The van der Waals surface area contributed by atoms with E-state index in [1.165, 1.54) is 12.1 Å². The van der Waals surface area contributed by atoms with E-state index in [0.29, 0.717) is 6.42 Å². The highest BCUT2D eigenvalue weighted by atomic mass is 32.2. The molecule has 0 aliphatic rings. The average molecular weight is 229 g/mol. The Hall–Kier alpha value is -1.07. The fraction of sp³-hybridized carbons (Fsp3) is 0.400. The van der Waals surface area contributed by atoms with Gasteiger partial charge in [0.05, 0.1) is 5.75 Å². The fourth-order valence-corrected chi connectivity index (χ4v) is 2.75. The van der Waals surface area contributed by atoms with Gasteiger partial charge in [0, 0.05) is 6.04 Å². The van der Waals surface area contributed by atoms with Crippen molar-refractivity contribution in [3.8, 4) is 5.75 Å². The van der Waals surface area contributed by atoms with Crippen LogP contribution in [0.2, 0.25) is 0 Å². The molecule has 1 atom stereocenters. The molecule has 0 aromatic heterocycles. The third-order valence-electron chi connectivity index (χ3n) is 2.04. The smallest absolute Gasteiger partial charge is 0.182 e. The van der Waals surface area contributed by atoms with Crippen molar-refractivity contribution in [1.82, 2.24) is 0 Å². The zero-order valence-electron chi connectivity index (χ0n) is 8.55. The van der Waals surface area contributed by atoms with E-state index < -0.39 is 9.84 Å². The predicted molar refractivity (Wildman–Crippen MR) is 58.4 cm³/mol. The van der Waals surface area contributed by atoms with E-state index in [1.54, 1.807) is 19.1 Å². The molecule has 5 heteroatoms. The SMILES string of the molecule is CC(N)CCS(=O)(=O)c1ccccc1O. The van der Waals surface area contributed by atoms with E-state index in [0.717, 1.165) is 0 Å². The monoisotopic (exact) mass is 229 g/mol. The number of phenols is 1. The minimum Gasteiger partial charge on any atom is -0.507 e. The maximum Gasteiger partial charge on any atom is 0.182 e. The van der Waals surface area contributed by atoms with Gasteiger partial charge >= 0.3 is 0 Å². The number of sulfone groups is 1. The van der Waals surface area contributed by atoms with Gasteiger partial charge in [0.25, 0.3) is 0 Å². The van der Waals surface area contributed by atoms with Gasteiger partial charge in [-0.1, -0.05) is 12.1 Å². The van der Waals surface area contributed by atoms with E-state index in [4.69, 9.17) is 5.73 Å². The van der Waals surface area contributed by atoms with Gasteiger partial charge in [-0.25, -0.2) is 8.42 Å². The Morgan fingerprint density at radius 1 is 1.40 bits per heavy atom. The van der Waals surface area contributed by atoms with Crippen molar-refractivity contribution < 1.29 is 13.5 Å². The van der Waals surface area contributed by atoms with Crippen molar-refractivity contribution in [2.45, 2.75) is 24.3 Å². The Kier molecular flexibility index (Phi) is 3.71. The predicted octanol–water partition coefficient (Wildman–Crippen LogP) is 0.903. The first kappa shape index (κ1) is 12.0. The summed E-state index contributed by atoms with van der Waals surface area (Å²) >= 11 is 0. The number of benzene rings is 1. The van der Waals surface area contributed by atoms with Crippen LogP contribution in [0.15, 0.2) is 29.2 Å². The summed E-state index contributed by atoms with van der Waals surface area (Å²) in [6.07, 6.45) is 0.386. The van der Waals surface area contributed by atoms with E-state index in [9.17, 15) is 13.5 Å². The molecule has 0 saturated heterocycles. The van der Waals surface area contributed by atoms with E-state index in [1.807, 2.05) is 0 Å². The first-order valence-corrected chi connectivity index (χ1v) is 6.35. The zero-order chi connectivity index (χ0) is 11.5. The number of para-hydroxylation sites is 1. The maximum atomic E-state index is 11.7. The molecule has 0 fully saturated rings. The molecule has 1 aromatic rings. The van der Waals surface area contributed by atoms with Crippen LogP contribution in [-0.2, 0) is 9.84 Å². The normalized spacial score (nSPS) is 13.7. The average Bonchev–Trinajstić information content (AvgIpc) is 2.15. The van der Waals surface area contributed by atoms with Crippen LogP contribution in [0.25, 0.3) is 0 Å². The number of hydrogen-bond acceptors (Lipinski definition) is 4. The molecule has 1 rings (SSSR count). The summed E-state index contributed by atoms with van der Waals surface area (Å²) < 4.78 is 23.5. The minimum absolute atomic E-state index is 0.0225. The summed E-state index contributed by atoms with van der Waals surface area (Å²) in [4.78, 5) is -0.0225. The van der Waals surface area contributed by atoms with Crippen LogP contribution in [0.1, 0.15) is 13.3 Å². The number of hydrogen-bond donors (Lipinski definition) is 2. The standard InChI is InChI=1S/C10H15NO3S/c1-8(11)6-7-15(13,14)10-5-3-2-4-9(10)12/h2-5,8,12H,6-7,11H2,1H3. The topological polar surface area (TPSA) is 80.4 Å². The summed E-state index contributed by atoms with van der Waals surface area (Å²) in [5.74, 6) is -0.246. The molecule has 0 aliphatic heterocycles. The van der Waals surface area contributed by atoms with Crippen molar-refractivity contribution >= 4 is 9.84 Å². The number of rotatable bonds is 4. The van der Waals surface area contributed by atoms with Crippen LogP contribution in [-0.4, -0.2) is 25.3 Å². The Bertz CT molecular complexity index is 426. The number of nitrogens with two attached hydrogens (primary N) is 1. The molecule has 0 bridgehead atoms. The Morgan fingerprint density at radius 3 is 2.53 bits per heavy atom. The minimum atomic E-state index is -3.42. The molecular formula is C10H15NO3S. The first-order chi connectivity index (χ1) is 6.93. The molecule has 0 amide bonds. The molecule has 15 heavy (non-hydrogen) atoms. The molecular weight excluding hydrogens is 214 g/mol. The summed E-state index contributed by atoms with van der Waals surface area (Å²) in [5, 5.41) is 9.40. The van der Waals surface area contributed by atoms with Gasteiger partial charge in [-0.3, -0.25) is 0 Å².